The van der Waals surface area contributed by atoms with Crippen LogP contribution in [0, 0.1) is 0 Å². The molecule has 20 heavy (non-hydrogen) atoms. The van der Waals surface area contributed by atoms with Crippen LogP contribution in [0.4, 0.5) is 4.39 Å². The lowest BCUT2D eigenvalue weighted by Crippen LogP contribution is -2.18. The first-order chi connectivity index (χ1) is 9.72. The lowest BCUT2D eigenvalue weighted by atomic mass is 10.2. The second-order valence-electron chi connectivity index (χ2n) is 4.17. The highest BCUT2D eigenvalue weighted by molar-refractivity contribution is 6.32. The largest absolute Gasteiger partial charge is 0.493 e. The Kier molecular flexibility index (Phi) is 8.34. The molecule has 1 rings (SSSR count). The molecule has 0 bridgehead atoms. The number of methoxy groups -OCH3 is 2. The summed E-state index contributed by atoms with van der Waals surface area (Å²) < 4.78 is 27.8. The molecule has 0 unspecified atom stereocenters. The number of ether oxygens (including phenoxy) is 3. The number of hydrogen-bond acceptors (Lipinski definition) is 4. The first-order valence-electron chi connectivity index (χ1n) is 6.47. The number of benzene rings is 1. The molecule has 0 aromatic heterocycles. The van der Waals surface area contributed by atoms with Gasteiger partial charge in [0.15, 0.2) is 11.5 Å². The van der Waals surface area contributed by atoms with Crippen molar-refractivity contribution in [2.75, 3.05) is 40.7 Å². The minimum Gasteiger partial charge on any atom is -0.493 e. The van der Waals surface area contributed by atoms with Crippen molar-refractivity contribution in [2.45, 2.75) is 13.0 Å². The van der Waals surface area contributed by atoms with Crippen LogP contribution in [0.2, 0.25) is 5.02 Å². The van der Waals surface area contributed by atoms with Gasteiger partial charge in [-0.2, -0.15) is 0 Å². The molecule has 0 aliphatic carbocycles. The summed E-state index contributed by atoms with van der Waals surface area (Å²) in [5, 5.41) is 3.69. The fraction of sp³-hybridized carbons (Fsp3) is 0.571. The lowest BCUT2D eigenvalue weighted by molar-refractivity contribution is 0.199. The first kappa shape index (κ1) is 17.0. The van der Waals surface area contributed by atoms with Crippen LogP contribution in [-0.2, 0) is 11.3 Å². The Morgan fingerprint density at radius 2 is 2.05 bits per heavy atom. The average molecular weight is 306 g/mol. The molecule has 6 heteroatoms. The van der Waals surface area contributed by atoms with Gasteiger partial charge in [0.2, 0.25) is 0 Å². The van der Waals surface area contributed by atoms with Gasteiger partial charge in [-0.3, -0.25) is 4.39 Å². The van der Waals surface area contributed by atoms with Crippen molar-refractivity contribution in [1.29, 1.82) is 0 Å². The minimum absolute atomic E-state index is 0.276. The molecule has 0 saturated carbocycles. The molecule has 114 valence electrons. The number of rotatable bonds is 10. The van der Waals surface area contributed by atoms with E-state index in [1.165, 1.54) is 0 Å². The van der Waals surface area contributed by atoms with Crippen molar-refractivity contribution in [3.8, 4) is 11.5 Å². The summed E-state index contributed by atoms with van der Waals surface area (Å²) >= 11 is 6.18. The molecule has 1 aromatic rings. The zero-order chi connectivity index (χ0) is 14.8. The second-order valence-corrected chi connectivity index (χ2v) is 4.58. The maximum Gasteiger partial charge on any atom is 0.179 e. The van der Waals surface area contributed by atoms with E-state index in [0.29, 0.717) is 36.1 Å². The standard InChI is InChI=1S/C14H21ClFNO3/c1-18-7-5-17-10-11-8-12(15)14(13(9-11)19-2)20-6-3-4-16/h8-9,17H,3-7,10H2,1-2H3. The molecule has 4 nitrogen and oxygen atoms in total. The van der Waals surface area contributed by atoms with Gasteiger partial charge in [-0.25, -0.2) is 0 Å². The van der Waals surface area contributed by atoms with Crippen LogP contribution in [0.15, 0.2) is 12.1 Å². The Bertz CT molecular complexity index is 404. The Morgan fingerprint density at radius 1 is 1.25 bits per heavy atom. The summed E-state index contributed by atoms with van der Waals surface area (Å²) in [6, 6.07) is 3.67. The fourth-order valence-electron chi connectivity index (χ4n) is 1.65. The first-order valence-corrected chi connectivity index (χ1v) is 6.85. The highest BCUT2D eigenvalue weighted by Gasteiger charge is 2.11. The number of nitrogens with one attached hydrogen (secondary N) is 1. The Hall–Kier alpha value is -1.04. The minimum atomic E-state index is -0.415. The molecule has 0 amide bonds. The molecule has 0 aliphatic rings. The van der Waals surface area contributed by atoms with E-state index in [-0.39, 0.29) is 6.61 Å². The van der Waals surface area contributed by atoms with Crippen molar-refractivity contribution in [1.82, 2.24) is 5.32 Å². The third-order valence-corrected chi connectivity index (χ3v) is 2.91. The van der Waals surface area contributed by atoms with Crippen molar-refractivity contribution < 1.29 is 18.6 Å². The molecule has 1 N–H and O–H groups in total. The van der Waals surface area contributed by atoms with Crippen LogP contribution >= 0.6 is 11.6 Å². The van der Waals surface area contributed by atoms with Gasteiger partial charge >= 0.3 is 0 Å². The van der Waals surface area contributed by atoms with Crippen molar-refractivity contribution in [3.63, 3.8) is 0 Å². The maximum absolute atomic E-state index is 12.1. The third kappa shape index (κ3) is 5.53. The van der Waals surface area contributed by atoms with Gasteiger partial charge in [-0.1, -0.05) is 11.6 Å². The summed E-state index contributed by atoms with van der Waals surface area (Å²) in [6.45, 7) is 1.92. The van der Waals surface area contributed by atoms with Gasteiger partial charge in [0.1, 0.15) is 0 Å². The van der Waals surface area contributed by atoms with E-state index < -0.39 is 6.67 Å². The number of halogens is 2. The molecular weight excluding hydrogens is 285 g/mol. The second kappa shape index (κ2) is 9.80. The number of hydrogen-bond donors (Lipinski definition) is 1. The van der Waals surface area contributed by atoms with Crippen LogP contribution in [0.1, 0.15) is 12.0 Å². The van der Waals surface area contributed by atoms with Crippen molar-refractivity contribution in [3.05, 3.63) is 22.7 Å². The molecule has 1 aromatic carbocycles. The Balaban J connectivity index is 2.68. The summed E-state index contributed by atoms with van der Waals surface area (Å²) in [6.07, 6.45) is 0.333. The van der Waals surface area contributed by atoms with Gasteiger partial charge in [0, 0.05) is 26.6 Å². The van der Waals surface area contributed by atoms with E-state index in [9.17, 15) is 4.39 Å². The molecule has 0 aliphatic heterocycles. The highest BCUT2D eigenvalue weighted by Crippen LogP contribution is 2.36. The van der Waals surface area contributed by atoms with Gasteiger partial charge in [0.25, 0.3) is 0 Å². The lowest BCUT2D eigenvalue weighted by Gasteiger charge is -2.14. The average Bonchev–Trinajstić information content (AvgIpc) is 2.45. The summed E-state index contributed by atoms with van der Waals surface area (Å²) in [5.74, 6) is 1.02. The zero-order valence-electron chi connectivity index (χ0n) is 11.9. The van der Waals surface area contributed by atoms with Crippen LogP contribution in [-0.4, -0.2) is 40.7 Å². The van der Waals surface area contributed by atoms with Crippen LogP contribution in [0.5, 0.6) is 11.5 Å². The van der Waals surface area contributed by atoms with Crippen LogP contribution in [0.25, 0.3) is 0 Å². The van der Waals surface area contributed by atoms with Crippen molar-refractivity contribution >= 4 is 11.6 Å². The molecule has 0 saturated heterocycles. The fourth-order valence-corrected chi connectivity index (χ4v) is 1.94. The van der Waals surface area contributed by atoms with Gasteiger partial charge < -0.3 is 19.5 Å². The summed E-state index contributed by atoms with van der Waals surface area (Å²) in [5.41, 5.74) is 0.987. The van der Waals surface area contributed by atoms with E-state index in [1.807, 2.05) is 12.1 Å². The van der Waals surface area contributed by atoms with Crippen LogP contribution < -0.4 is 14.8 Å². The molecular formula is C14H21ClFNO3. The van der Waals surface area contributed by atoms with Crippen LogP contribution in [0.3, 0.4) is 0 Å². The maximum atomic E-state index is 12.1. The van der Waals surface area contributed by atoms with E-state index in [0.717, 1.165) is 12.1 Å². The van der Waals surface area contributed by atoms with E-state index in [4.69, 9.17) is 25.8 Å². The Labute approximate surface area is 124 Å². The third-order valence-electron chi connectivity index (χ3n) is 2.63. The van der Waals surface area contributed by atoms with E-state index in [2.05, 4.69) is 5.32 Å². The normalized spacial score (nSPS) is 10.6. The molecule has 0 heterocycles. The van der Waals surface area contributed by atoms with Crippen molar-refractivity contribution in [2.24, 2.45) is 0 Å². The predicted octanol–water partition coefficient (Wildman–Crippen LogP) is 2.82. The predicted molar refractivity (Wildman–Crippen MR) is 77.7 cm³/mol. The molecule has 0 radical (unpaired) electrons. The topological polar surface area (TPSA) is 39.7 Å². The Morgan fingerprint density at radius 3 is 2.70 bits per heavy atom. The summed E-state index contributed by atoms with van der Waals surface area (Å²) in [7, 11) is 3.21. The van der Waals surface area contributed by atoms with E-state index in [1.54, 1.807) is 14.2 Å². The van der Waals surface area contributed by atoms with Gasteiger partial charge in [-0.05, 0) is 17.7 Å². The van der Waals surface area contributed by atoms with Gasteiger partial charge in [0.05, 0.1) is 32.0 Å². The monoisotopic (exact) mass is 305 g/mol. The quantitative estimate of drug-likeness (QED) is 0.675. The highest BCUT2D eigenvalue weighted by atomic mass is 35.5. The van der Waals surface area contributed by atoms with Gasteiger partial charge in [-0.15, -0.1) is 0 Å². The molecule has 0 fully saturated rings. The SMILES string of the molecule is COCCNCc1cc(Cl)c(OCCCF)c(OC)c1. The molecule has 0 spiro atoms. The molecule has 0 atom stereocenters. The summed E-state index contributed by atoms with van der Waals surface area (Å²) in [4.78, 5) is 0. The smallest absolute Gasteiger partial charge is 0.179 e. The zero-order valence-corrected chi connectivity index (χ0v) is 12.6. The number of alkyl halides is 1. The van der Waals surface area contributed by atoms with E-state index >= 15 is 0 Å².